The van der Waals surface area contributed by atoms with E-state index in [2.05, 4.69) is 69.3 Å². The summed E-state index contributed by atoms with van der Waals surface area (Å²) in [6.45, 7) is 6.72. The zero-order valence-electron chi connectivity index (χ0n) is 10.2. The first-order valence-corrected chi connectivity index (χ1v) is 5.73. The van der Waals surface area contributed by atoms with E-state index in [1.165, 1.54) is 16.7 Å². The second-order valence-electron chi connectivity index (χ2n) is 5.19. The average molecular weight is 210 g/mol. The van der Waals surface area contributed by atoms with Gasteiger partial charge in [0.05, 0.1) is 0 Å². The SMILES string of the molecule is CC(C)(C)c1ccc(-c2ccccc2)cc1. The van der Waals surface area contributed by atoms with Crippen LogP contribution in [0.1, 0.15) is 26.3 Å². The van der Waals surface area contributed by atoms with E-state index in [4.69, 9.17) is 0 Å². The Bertz CT molecular complexity index is 444. The quantitative estimate of drug-likeness (QED) is 0.642. The number of hydrogen-bond acceptors (Lipinski definition) is 0. The minimum Gasteiger partial charge on any atom is -0.0622 e. The van der Waals surface area contributed by atoms with Crippen LogP contribution in [0.2, 0.25) is 0 Å². The van der Waals surface area contributed by atoms with E-state index in [0.717, 1.165) is 0 Å². The molecule has 2 rings (SSSR count). The van der Waals surface area contributed by atoms with Crippen LogP contribution in [0.5, 0.6) is 0 Å². The Hall–Kier alpha value is -1.56. The fourth-order valence-electron chi connectivity index (χ4n) is 1.79. The molecule has 0 heteroatoms. The summed E-state index contributed by atoms with van der Waals surface area (Å²) in [5.74, 6) is 0. The Morgan fingerprint density at radius 3 is 1.62 bits per heavy atom. The van der Waals surface area contributed by atoms with Crippen molar-refractivity contribution in [2.45, 2.75) is 26.2 Å². The smallest absolute Gasteiger partial charge is 0.0132 e. The van der Waals surface area contributed by atoms with Crippen LogP contribution in [0.15, 0.2) is 54.6 Å². The minimum absolute atomic E-state index is 0.231. The Morgan fingerprint density at radius 1 is 0.625 bits per heavy atom. The molecule has 0 heterocycles. The lowest BCUT2D eigenvalue weighted by Crippen LogP contribution is -2.10. The highest BCUT2D eigenvalue weighted by Crippen LogP contribution is 2.25. The molecule has 0 nitrogen and oxygen atoms in total. The van der Waals surface area contributed by atoms with Crippen molar-refractivity contribution in [1.29, 1.82) is 0 Å². The van der Waals surface area contributed by atoms with Gasteiger partial charge < -0.3 is 0 Å². The molecule has 0 radical (unpaired) electrons. The highest BCUT2D eigenvalue weighted by molar-refractivity contribution is 5.63. The third-order valence-corrected chi connectivity index (χ3v) is 2.86. The summed E-state index contributed by atoms with van der Waals surface area (Å²) in [6.07, 6.45) is 0. The van der Waals surface area contributed by atoms with Crippen molar-refractivity contribution in [1.82, 2.24) is 0 Å². The lowest BCUT2D eigenvalue weighted by molar-refractivity contribution is 0.590. The first kappa shape index (κ1) is 10.9. The van der Waals surface area contributed by atoms with E-state index < -0.39 is 0 Å². The van der Waals surface area contributed by atoms with Crippen LogP contribution < -0.4 is 0 Å². The van der Waals surface area contributed by atoms with Crippen LogP contribution in [0.25, 0.3) is 11.1 Å². The number of rotatable bonds is 1. The summed E-state index contributed by atoms with van der Waals surface area (Å²) in [5, 5.41) is 0. The third-order valence-electron chi connectivity index (χ3n) is 2.86. The third kappa shape index (κ3) is 2.33. The first-order chi connectivity index (χ1) is 7.57. The van der Waals surface area contributed by atoms with E-state index in [-0.39, 0.29) is 5.41 Å². The van der Waals surface area contributed by atoms with E-state index in [1.807, 2.05) is 6.07 Å². The molecule has 0 aliphatic heterocycles. The minimum atomic E-state index is 0.231. The molecule has 0 fully saturated rings. The highest BCUT2D eigenvalue weighted by atomic mass is 14.2. The summed E-state index contributed by atoms with van der Waals surface area (Å²) in [6, 6.07) is 19.3. The zero-order valence-corrected chi connectivity index (χ0v) is 10.2. The van der Waals surface area contributed by atoms with Crippen LogP contribution >= 0.6 is 0 Å². The largest absolute Gasteiger partial charge is 0.0622 e. The Kier molecular flexibility index (Phi) is 2.82. The van der Waals surface area contributed by atoms with Crippen LogP contribution in [0.3, 0.4) is 0 Å². The Morgan fingerprint density at radius 2 is 1.12 bits per heavy atom. The van der Waals surface area contributed by atoms with Gasteiger partial charge >= 0.3 is 0 Å². The molecule has 0 aromatic heterocycles. The molecule has 0 aliphatic rings. The zero-order chi connectivity index (χ0) is 11.6. The molecule has 16 heavy (non-hydrogen) atoms. The predicted octanol–water partition coefficient (Wildman–Crippen LogP) is 4.65. The topological polar surface area (TPSA) is 0 Å². The average Bonchev–Trinajstić information content (AvgIpc) is 2.29. The lowest BCUT2D eigenvalue weighted by Gasteiger charge is -2.19. The monoisotopic (exact) mass is 210 g/mol. The fourth-order valence-corrected chi connectivity index (χ4v) is 1.79. The molecular formula is C16H18. The van der Waals surface area contributed by atoms with Crippen molar-refractivity contribution in [2.75, 3.05) is 0 Å². The van der Waals surface area contributed by atoms with E-state index in [1.54, 1.807) is 0 Å². The van der Waals surface area contributed by atoms with Crippen molar-refractivity contribution in [2.24, 2.45) is 0 Å². The van der Waals surface area contributed by atoms with Crippen molar-refractivity contribution in [3.05, 3.63) is 60.2 Å². The molecule has 0 aliphatic carbocycles. The molecule has 0 amide bonds. The summed E-state index contributed by atoms with van der Waals surface area (Å²) in [7, 11) is 0. The molecule has 0 bridgehead atoms. The highest BCUT2D eigenvalue weighted by Gasteiger charge is 2.12. The maximum Gasteiger partial charge on any atom is -0.0132 e. The second kappa shape index (κ2) is 4.13. The molecule has 0 N–H and O–H groups in total. The van der Waals surface area contributed by atoms with Gasteiger partial charge in [-0.2, -0.15) is 0 Å². The van der Waals surface area contributed by atoms with Gasteiger partial charge in [0.15, 0.2) is 0 Å². The van der Waals surface area contributed by atoms with Gasteiger partial charge in [-0.1, -0.05) is 75.4 Å². The van der Waals surface area contributed by atoms with Crippen molar-refractivity contribution in [3.63, 3.8) is 0 Å². The van der Waals surface area contributed by atoms with E-state index in [0.29, 0.717) is 0 Å². The molecule has 82 valence electrons. The second-order valence-corrected chi connectivity index (χ2v) is 5.19. The molecule has 2 aromatic carbocycles. The van der Waals surface area contributed by atoms with Crippen LogP contribution in [-0.2, 0) is 5.41 Å². The summed E-state index contributed by atoms with van der Waals surface area (Å²) < 4.78 is 0. The summed E-state index contributed by atoms with van der Waals surface area (Å²) in [5.41, 5.74) is 4.18. The summed E-state index contributed by atoms with van der Waals surface area (Å²) in [4.78, 5) is 0. The van der Waals surface area contributed by atoms with Crippen molar-refractivity contribution < 1.29 is 0 Å². The van der Waals surface area contributed by atoms with Crippen LogP contribution in [-0.4, -0.2) is 0 Å². The lowest BCUT2D eigenvalue weighted by atomic mass is 9.86. The van der Waals surface area contributed by atoms with E-state index >= 15 is 0 Å². The van der Waals surface area contributed by atoms with Gasteiger partial charge in [-0.3, -0.25) is 0 Å². The maximum absolute atomic E-state index is 2.24. The molecule has 2 aromatic rings. The maximum atomic E-state index is 2.24. The van der Waals surface area contributed by atoms with Crippen LogP contribution in [0.4, 0.5) is 0 Å². The van der Waals surface area contributed by atoms with Crippen molar-refractivity contribution >= 4 is 0 Å². The van der Waals surface area contributed by atoms with E-state index in [9.17, 15) is 0 Å². The predicted molar refractivity (Wildman–Crippen MR) is 70.6 cm³/mol. The molecule has 0 saturated heterocycles. The van der Waals surface area contributed by atoms with Gasteiger partial charge in [0.2, 0.25) is 0 Å². The van der Waals surface area contributed by atoms with Gasteiger partial charge in [0, 0.05) is 0 Å². The standard InChI is InChI=1S/C16H18/c1-16(2,3)15-11-9-14(10-12-15)13-7-5-4-6-8-13/h4-12H,1-3H3. The number of hydrogen-bond donors (Lipinski definition) is 0. The van der Waals surface area contributed by atoms with Crippen LogP contribution in [0, 0.1) is 0 Å². The van der Waals surface area contributed by atoms with Gasteiger partial charge in [-0.25, -0.2) is 0 Å². The Balaban J connectivity index is 2.34. The molecule has 0 spiro atoms. The normalized spacial score (nSPS) is 11.4. The molecule has 0 saturated carbocycles. The molecule has 0 atom stereocenters. The first-order valence-electron chi connectivity index (χ1n) is 5.73. The molecule has 0 unspecified atom stereocenters. The fraction of sp³-hybridized carbons (Fsp3) is 0.250. The molecular weight excluding hydrogens is 192 g/mol. The van der Waals surface area contributed by atoms with Gasteiger partial charge in [-0.05, 0) is 22.1 Å². The van der Waals surface area contributed by atoms with Crippen molar-refractivity contribution in [3.8, 4) is 11.1 Å². The van der Waals surface area contributed by atoms with Gasteiger partial charge in [0.1, 0.15) is 0 Å². The number of benzene rings is 2. The summed E-state index contributed by atoms with van der Waals surface area (Å²) >= 11 is 0. The van der Waals surface area contributed by atoms with Gasteiger partial charge in [-0.15, -0.1) is 0 Å². The van der Waals surface area contributed by atoms with Gasteiger partial charge in [0.25, 0.3) is 0 Å². The Labute approximate surface area is 97.9 Å².